The van der Waals surface area contributed by atoms with Gasteiger partial charge in [-0.25, -0.2) is 9.97 Å². The van der Waals surface area contributed by atoms with Crippen LogP contribution in [-0.2, 0) is 0 Å². The van der Waals surface area contributed by atoms with E-state index in [1.807, 2.05) is 31.2 Å². The van der Waals surface area contributed by atoms with Crippen LogP contribution in [0.1, 0.15) is 19.8 Å². The summed E-state index contributed by atoms with van der Waals surface area (Å²) in [6.07, 6.45) is 1.51. The molecule has 1 saturated heterocycles. The third-order valence-corrected chi connectivity index (χ3v) is 3.50. The molecular weight excluding hydrogens is 254 g/mol. The number of piperidine rings is 1. The Morgan fingerprint density at radius 2 is 2.05 bits per heavy atom. The smallest absolute Gasteiger partial charge is 0.258 e. The van der Waals surface area contributed by atoms with Crippen molar-refractivity contribution in [2.24, 2.45) is 0 Å². The lowest BCUT2D eigenvalue weighted by atomic mass is 10.1. The van der Waals surface area contributed by atoms with Crippen molar-refractivity contribution in [3.8, 4) is 5.88 Å². The molecule has 0 saturated carbocycles. The molecule has 1 aliphatic heterocycles. The van der Waals surface area contributed by atoms with E-state index >= 15 is 0 Å². The minimum absolute atomic E-state index is 0.300. The number of ether oxygens (including phenoxy) is 1. The summed E-state index contributed by atoms with van der Waals surface area (Å²) in [5, 5.41) is 9.84. The highest BCUT2D eigenvalue weighted by atomic mass is 16.5. The number of nitrogens with zero attached hydrogens (tertiary/aromatic N) is 3. The summed E-state index contributed by atoms with van der Waals surface area (Å²) in [4.78, 5) is 11.3. The zero-order valence-corrected chi connectivity index (χ0v) is 11.6. The van der Waals surface area contributed by atoms with Gasteiger partial charge >= 0.3 is 0 Å². The quantitative estimate of drug-likeness (QED) is 0.926. The zero-order chi connectivity index (χ0) is 13.9. The van der Waals surface area contributed by atoms with Crippen molar-refractivity contribution < 1.29 is 9.84 Å². The molecule has 0 spiro atoms. The summed E-state index contributed by atoms with van der Waals surface area (Å²) in [6.45, 7) is 3.96. The van der Waals surface area contributed by atoms with Crippen LogP contribution < -0.4 is 9.64 Å². The van der Waals surface area contributed by atoms with Crippen molar-refractivity contribution in [2.45, 2.75) is 25.9 Å². The van der Waals surface area contributed by atoms with Crippen molar-refractivity contribution in [3.05, 3.63) is 24.3 Å². The molecule has 1 aromatic carbocycles. The van der Waals surface area contributed by atoms with E-state index in [-0.39, 0.29) is 6.10 Å². The summed E-state index contributed by atoms with van der Waals surface area (Å²) in [6, 6.07) is 7.77. The first-order chi connectivity index (χ1) is 9.78. The maximum atomic E-state index is 9.84. The molecule has 1 aliphatic rings. The van der Waals surface area contributed by atoms with Crippen molar-refractivity contribution in [2.75, 3.05) is 24.6 Å². The summed E-state index contributed by atoms with van der Waals surface area (Å²) in [5.74, 6) is 1.30. The molecule has 5 nitrogen and oxygen atoms in total. The average molecular weight is 273 g/mol. The summed E-state index contributed by atoms with van der Waals surface area (Å²) < 4.78 is 5.64. The molecule has 1 unspecified atom stereocenters. The van der Waals surface area contributed by atoms with E-state index in [1.54, 1.807) is 0 Å². The Morgan fingerprint density at radius 3 is 2.75 bits per heavy atom. The highest BCUT2D eigenvalue weighted by Gasteiger charge is 2.23. The second-order valence-electron chi connectivity index (χ2n) is 5.02. The van der Waals surface area contributed by atoms with Crippen molar-refractivity contribution in [1.29, 1.82) is 0 Å². The molecule has 2 aromatic rings. The highest BCUT2D eigenvalue weighted by molar-refractivity contribution is 5.77. The van der Waals surface area contributed by atoms with E-state index in [0.29, 0.717) is 19.0 Å². The van der Waals surface area contributed by atoms with Crippen molar-refractivity contribution in [1.82, 2.24) is 9.97 Å². The van der Waals surface area contributed by atoms with Gasteiger partial charge < -0.3 is 14.7 Å². The van der Waals surface area contributed by atoms with Crippen molar-refractivity contribution >= 4 is 16.9 Å². The van der Waals surface area contributed by atoms with Crippen molar-refractivity contribution in [3.63, 3.8) is 0 Å². The topological polar surface area (TPSA) is 58.5 Å². The van der Waals surface area contributed by atoms with E-state index < -0.39 is 0 Å². The number of fused-ring (bicyclic) bond motifs is 1. The molecule has 20 heavy (non-hydrogen) atoms. The van der Waals surface area contributed by atoms with Gasteiger partial charge in [0.2, 0.25) is 0 Å². The van der Waals surface area contributed by atoms with Crippen LogP contribution in [0.25, 0.3) is 11.0 Å². The predicted molar refractivity (Wildman–Crippen MR) is 78.2 cm³/mol. The minimum atomic E-state index is -0.300. The maximum Gasteiger partial charge on any atom is 0.258 e. The van der Waals surface area contributed by atoms with Gasteiger partial charge in [0.15, 0.2) is 5.82 Å². The second-order valence-corrected chi connectivity index (χ2v) is 5.02. The van der Waals surface area contributed by atoms with Crippen LogP contribution in [0.3, 0.4) is 0 Å². The normalized spacial score (nSPS) is 19.3. The van der Waals surface area contributed by atoms with Gasteiger partial charge in [0, 0.05) is 13.1 Å². The predicted octanol–water partition coefficient (Wildman–Crippen LogP) is 1.99. The van der Waals surface area contributed by atoms with Gasteiger partial charge in [0.05, 0.1) is 23.7 Å². The number of anilines is 1. The van der Waals surface area contributed by atoms with E-state index in [9.17, 15) is 5.11 Å². The Kier molecular flexibility index (Phi) is 3.69. The van der Waals surface area contributed by atoms with E-state index in [1.165, 1.54) is 0 Å². The number of hydrogen-bond acceptors (Lipinski definition) is 5. The van der Waals surface area contributed by atoms with E-state index in [4.69, 9.17) is 4.74 Å². The zero-order valence-electron chi connectivity index (χ0n) is 11.6. The Labute approximate surface area is 118 Å². The van der Waals surface area contributed by atoms with Crippen LogP contribution >= 0.6 is 0 Å². The van der Waals surface area contributed by atoms with Crippen LogP contribution in [-0.4, -0.2) is 40.9 Å². The van der Waals surface area contributed by atoms with Crippen LogP contribution in [0.4, 0.5) is 5.82 Å². The third-order valence-electron chi connectivity index (χ3n) is 3.50. The summed E-state index contributed by atoms with van der Waals surface area (Å²) >= 11 is 0. The molecule has 0 bridgehead atoms. The van der Waals surface area contributed by atoms with Gasteiger partial charge in [-0.2, -0.15) is 0 Å². The lowest BCUT2D eigenvalue weighted by Crippen LogP contribution is -2.39. The maximum absolute atomic E-state index is 9.84. The number of aromatic nitrogens is 2. The molecular formula is C15H19N3O2. The first kappa shape index (κ1) is 13.1. The Balaban J connectivity index is 2.04. The van der Waals surface area contributed by atoms with Gasteiger partial charge in [-0.1, -0.05) is 12.1 Å². The number of aliphatic hydroxyl groups excluding tert-OH is 1. The molecule has 1 aromatic heterocycles. The third kappa shape index (κ3) is 2.54. The van der Waals surface area contributed by atoms with Gasteiger partial charge in [-0.15, -0.1) is 0 Å². The van der Waals surface area contributed by atoms with Gasteiger partial charge in [0.1, 0.15) is 0 Å². The first-order valence-electron chi connectivity index (χ1n) is 7.10. The highest BCUT2D eigenvalue weighted by Crippen LogP contribution is 2.29. The van der Waals surface area contributed by atoms with Crippen LogP contribution in [0.5, 0.6) is 5.88 Å². The monoisotopic (exact) mass is 273 g/mol. The summed E-state index contributed by atoms with van der Waals surface area (Å²) in [5.41, 5.74) is 1.68. The summed E-state index contributed by atoms with van der Waals surface area (Å²) in [7, 11) is 0. The molecule has 0 aliphatic carbocycles. The molecule has 1 N–H and O–H groups in total. The number of β-amino-alcohol motifs (C(OH)–C–C–N with tert-alkyl or cyclic N) is 1. The number of para-hydroxylation sites is 2. The van der Waals surface area contributed by atoms with Gasteiger partial charge in [-0.05, 0) is 31.9 Å². The molecule has 1 atom stereocenters. The second kappa shape index (κ2) is 5.63. The molecule has 106 valence electrons. The molecule has 5 heteroatoms. The first-order valence-corrected chi connectivity index (χ1v) is 7.10. The lowest BCUT2D eigenvalue weighted by Gasteiger charge is -2.31. The molecule has 1 fully saturated rings. The molecule has 0 amide bonds. The Morgan fingerprint density at radius 1 is 1.30 bits per heavy atom. The van der Waals surface area contributed by atoms with Gasteiger partial charge in [0.25, 0.3) is 5.88 Å². The Hall–Kier alpha value is -1.88. The fourth-order valence-corrected chi connectivity index (χ4v) is 2.56. The SMILES string of the molecule is CCOc1nc2ccccc2nc1N1CCCC(O)C1. The minimum Gasteiger partial charge on any atom is -0.475 e. The Bertz CT molecular complexity index is 603. The van der Waals surface area contributed by atoms with Gasteiger partial charge in [-0.3, -0.25) is 0 Å². The number of hydrogen-bond donors (Lipinski definition) is 1. The van der Waals surface area contributed by atoms with Crippen LogP contribution in [0.15, 0.2) is 24.3 Å². The molecule has 0 radical (unpaired) electrons. The fourth-order valence-electron chi connectivity index (χ4n) is 2.56. The number of rotatable bonds is 3. The van der Waals surface area contributed by atoms with Crippen LogP contribution in [0.2, 0.25) is 0 Å². The molecule has 2 heterocycles. The van der Waals surface area contributed by atoms with E-state index in [2.05, 4.69) is 14.9 Å². The van der Waals surface area contributed by atoms with E-state index in [0.717, 1.165) is 36.2 Å². The number of aliphatic hydroxyl groups is 1. The average Bonchev–Trinajstić information content (AvgIpc) is 2.47. The lowest BCUT2D eigenvalue weighted by molar-refractivity contribution is 0.153. The largest absolute Gasteiger partial charge is 0.475 e. The molecule has 3 rings (SSSR count). The standard InChI is InChI=1S/C15H19N3O2/c1-2-20-15-14(18-9-5-6-11(19)10-18)16-12-7-3-4-8-13(12)17-15/h3-4,7-8,11,19H,2,5-6,9-10H2,1H3. The van der Waals surface area contributed by atoms with Crippen LogP contribution in [0, 0.1) is 0 Å². The number of benzene rings is 1. The fraction of sp³-hybridized carbons (Fsp3) is 0.467.